The summed E-state index contributed by atoms with van der Waals surface area (Å²) in [5.74, 6) is -0.124. The normalized spacial score (nSPS) is 10.4. The summed E-state index contributed by atoms with van der Waals surface area (Å²) >= 11 is 0. The molecular weight excluding hydrogens is 318 g/mol. The minimum absolute atomic E-state index is 0.0284. The Hall–Kier alpha value is -3.47. The van der Waals surface area contributed by atoms with Gasteiger partial charge in [0.15, 0.2) is 6.29 Å². The van der Waals surface area contributed by atoms with Crippen LogP contribution in [0.5, 0.6) is 5.75 Å². The lowest BCUT2D eigenvalue weighted by molar-refractivity contribution is -0.384. The van der Waals surface area contributed by atoms with E-state index in [0.29, 0.717) is 23.8 Å². The molecule has 0 amide bonds. The molecule has 0 saturated heterocycles. The van der Waals surface area contributed by atoms with Crippen LogP contribution in [0.3, 0.4) is 0 Å². The van der Waals surface area contributed by atoms with Gasteiger partial charge < -0.3 is 5.11 Å². The molecular formula is C20H15NO4. The van der Waals surface area contributed by atoms with E-state index in [0.717, 1.165) is 11.1 Å². The van der Waals surface area contributed by atoms with E-state index in [2.05, 4.69) is 0 Å². The van der Waals surface area contributed by atoms with Crippen LogP contribution in [-0.4, -0.2) is 16.3 Å². The summed E-state index contributed by atoms with van der Waals surface area (Å²) in [6.45, 7) is 0. The average molecular weight is 333 g/mol. The number of benzene rings is 3. The number of aromatic hydroxyl groups is 1. The van der Waals surface area contributed by atoms with Gasteiger partial charge in [0, 0.05) is 17.7 Å². The number of phenolic OH excluding ortho intramolecular Hbond substituents is 1. The molecule has 0 spiro atoms. The van der Waals surface area contributed by atoms with Crippen LogP contribution in [0, 0.1) is 10.1 Å². The third kappa shape index (κ3) is 3.55. The Kier molecular flexibility index (Phi) is 4.57. The van der Waals surface area contributed by atoms with Crippen molar-refractivity contribution in [2.75, 3.05) is 0 Å². The number of nitrogens with zero attached hydrogens (tertiary/aromatic N) is 1. The van der Waals surface area contributed by atoms with Gasteiger partial charge in [0.1, 0.15) is 5.75 Å². The molecule has 0 fully saturated rings. The monoisotopic (exact) mass is 333 g/mol. The van der Waals surface area contributed by atoms with Gasteiger partial charge in [0.2, 0.25) is 0 Å². The molecule has 0 bridgehead atoms. The van der Waals surface area contributed by atoms with Crippen LogP contribution < -0.4 is 0 Å². The van der Waals surface area contributed by atoms with E-state index in [1.165, 1.54) is 12.1 Å². The number of nitro benzene ring substituents is 1. The molecule has 124 valence electrons. The lowest BCUT2D eigenvalue weighted by Gasteiger charge is -2.11. The lowest BCUT2D eigenvalue weighted by atomic mass is 9.95. The number of hydrogen-bond donors (Lipinski definition) is 1. The van der Waals surface area contributed by atoms with Crippen molar-refractivity contribution in [3.8, 4) is 16.9 Å². The van der Waals surface area contributed by atoms with Gasteiger partial charge >= 0.3 is 0 Å². The highest BCUT2D eigenvalue weighted by molar-refractivity contribution is 5.86. The number of aldehydes is 1. The number of nitro groups is 1. The highest BCUT2D eigenvalue weighted by Gasteiger charge is 2.13. The Morgan fingerprint density at radius 3 is 2.24 bits per heavy atom. The Labute approximate surface area is 144 Å². The van der Waals surface area contributed by atoms with E-state index in [1.807, 2.05) is 30.3 Å². The predicted molar refractivity (Wildman–Crippen MR) is 94.8 cm³/mol. The van der Waals surface area contributed by atoms with Crippen LogP contribution in [0.1, 0.15) is 21.5 Å². The van der Waals surface area contributed by atoms with Crippen molar-refractivity contribution in [3.05, 3.63) is 93.5 Å². The van der Waals surface area contributed by atoms with Crippen molar-refractivity contribution in [2.45, 2.75) is 6.42 Å². The molecule has 3 aromatic rings. The van der Waals surface area contributed by atoms with Gasteiger partial charge in [0.25, 0.3) is 5.69 Å². The maximum absolute atomic E-state index is 11.3. The first-order valence-corrected chi connectivity index (χ1v) is 7.68. The molecule has 1 N–H and O–H groups in total. The van der Waals surface area contributed by atoms with E-state index in [1.54, 1.807) is 24.3 Å². The fraction of sp³-hybridized carbons (Fsp3) is 0.0500. The summed E-state index contributed by atoms with van der Waals surface area (Å²) in [6.07, 6.45) is 1.22. The van der Waals surface area contributed by atoms with Crippen molar-refractivity contribution in [3.63, 3.8) is 0 Å². The number of non-ortho nitro benzene ring substituents is 1. The molecule has 0 aliphatic rings. The molecule has 0 saturated carbocycles. The van der Waals surface area contributed by atoms with E-state index < -0.39 is 4.92 Å². The van der Waals surface area contributed by atoms with Crippen molar-refractivity contribution < 1.29 is 14.8 Å². The van der Waals surface area contributed by atoms with Gasteiger partial charge in [0.05, 0.1) is 10.5 Å². The number of carbonyl (C=O) groups excluding carboxylic acids is 1. The molecule has 5 nitrogen and oxygen atoms in total. The second-order valence-corrected chi connectivity index (χ2v) is 5.67. The second-order valence-electron chi connectivity index (χ2n) is 5.67. The summed E-state index contributed by atoms with van der Waals surface area (Å²) in [7, 11) is 0. The smallest absolute Gasteiger partial charge is 0.269 e. The van der Waals surface area contributed by atoms with Gasteiger partial charge in [-0.25, -0.2) is 0 Å². The summed E-state index contributed by atoms with van der Waals surface area (Å²) in [4.78, 5) is 21.6. The molecule has 0 heterocycles. The van der Waals surface area contributed by atoms with Gasteiger partial charge in [-0.15, -0.1) is 0 Å². The third-order valence-corrected chi connectivity index (χ3v) is 3.97. The summed E-state index contributed by atoms with van der Waals surface area (Å²) in [5.41, 5.74) is 3.21. The molecule has 25 heavy (non-hydrogen) atoms. The van der Waals surface area contributed by atoms with Crippen LogP contribution in [0.2, 0.25) is 0 Å². The summed E-state index contributed by atoms with van der Waals surface area (Å²) < 4.78 is 0. The van der Waals surface area contributed by atoms with Crippen LogP contribution in [0.25, 0.3) is 11.1 Å². The zero-order chi connectivity index (χ0) is 17.8. The largest absolute Gasteiger partial charge is 0.507 e. The third-order valence-electron chi connectivity index (χ3n) is 3.97. The molecule has 0 aromatic heterocycles. The minimum Gasteiger partial charge on any atom is -0.507 e. The molecule has 0 unspecified atom stereocenters. The number of rotatable bonds is 5. The lowest BCUT2D eigenvalue weighted by Crippen LogP contribution is -1.94. The Morgan fingerprint density at radius 2 is 1.64 bits per heavy atom. The maximum Gasteiger partial charge on any atom is 0.269 e. The first-order chi connectivity index (χ1) is 12.1. The van der Waals surface area contributed by atoms with Crippen LogP contribution in [0.4, 0.5) is 5.69 Å². The second kappa shape index (κ2) is 6.97. The number of carbonyl (C=O) groups is 1. The quantitative estimate of drug-likeness (QED) is 0.427. The molecule has 0 radical (unpaired) electrons. The molecule has 0 aliphatic carbocycles. The van der Waals surface area contributed by atoms with Gasteiger partial charge in [-0.1, -0.05) is 30.3 Å². The first-order valence-electron chi connectivity index (χ1n) is 7.68. The van der Waals surface area contributed by atoms with Gasteiger partial charge in [-0.2, -0.15) is 0 Å². The Balaban J connectivity index is 2.04. The van der Waals surface area contributed by atoms with Crippen LogP contribution >= 0.6 is 0 Å². The molecule has 3 rings (SSSR count). The zero-order valence-electron chi connectivity index (χ0n) is 13.3. The highest BCUT2D eigenvalue weighted by atomic mass is 16.6. The van der Waals surface area contributed by atoms with Gasteiger partial charge in [-0.3, -0.25) is 14.9 Å². The summed E-state index contributed by atoms with van der Waals surface area (Å²) in [6, 6.07) is 19.1. The Bertz CT molecular complexity index is 918. The topological polar surface area (TPSA) is 80.4 Å². The molecule has 5 heteroatoms. The van der Waals surface area contributed by atoms with Crippen LogP contribution in [-0.2, 0) is 6.42 Å². The SMILES string of the molecule is O=Cc1cc(Cc2ccccc2)cc(-c2ccc([N+](=O)[O-])cc2)c1O. The van der Waals surface area contributed by atoms with Crippen molar-refractivity contribution in [2.24, 2.45) is 0 Å². The number of hydrogen-bond acceptors (Lipinski definition) is 4. The van der Waals surface area contributed by atoms with E-state index in [9.17, 15) is 20.0 Å². The van der Waals surface area contributed by atoms with Crippen molar-refractivity contribution in [1.29, 1.82) is 0 Å². The maximum atomic E-state index is 11.3. The fourth-order valence-electron chi connectivity index (χ4n) is 2.73. The first kappa shape index (κ1) is 16.4. The van der Waals surface area contributed by atoms with Gasteiger partial charge in [-0.05, 0) is 47.4 Å². The van der Waals surface area contributed by atoms with Crippen LogP contribution in [0.15, 0.2) is 66.7 Å². The van der Waals surface area contributed by atoms with E-state index in [4.69, 9.17) is 0 Å². The van der Waals surface area contributed by atoms with E-state index >= 15 is 0 Å². The average Bonchev–Trinajstić information content (AvgIpc) is 2.64. The molecule has 0 atom stereocenters. The highest BCUT2D eigenvalue weighted by Crippen LogP contribution is 2.34. The molecule has 3 aromatic carbocycles. The minimum atomic E-state index is -0.480. The molecule has 0 aliphatic heterocycles. The summed E-state index contributed by atoms with van der Waals surface area (Å²) in [5, 5.41) is 21.1. The Morgan fingerprint density at radius 1 is 0.960 bits per heavy atom. The standard InChI is InChI=1S/C20H15NO4/c22-13-17-11-15(10-14-4-2-1-3-5-14)12-19(20(17)23)16-6-8-18(9-7-16)21(24)25/h1-9,11-13,23H,10H2. The van der Waals surface area contributed by atoms with Crippen molar-refractivity contribution >= 4 is 12.0 Å². The predicted octanol–water partition coefficient (Wildman–Crippen LogP) is 4.37. The fourth-order valence-corrected chi connectivity index (χ4v) is 2.73. The van der Waals surface area contributed by atoms with E-state index in [-0.39, 0.29) is 17.0 Å². The zero-order valence-corrected chi connectivity index (χ0v) is 13.3. The van der Waals surface area contributed by atoms with Crippen molar-refractivity contribution in [1.82, 2.24) is 0 Å². The number of phenols is 1.